The molecule has 8 nitrogen and oxygen atoms in total. The summed E-state index contributed by atoms with van der Waals surface area (Å²) in [5.41, 5.74) is -1.63. The maximum absolute atomic E-state index is 14.5. The predicted molar refractivity (Wildman–Crippen MR) is 149 cm³/mol. The van der Waals surface area contributed by atoms with E-state index in [0.717, 1.165) is 24.9 Å². The van der Waals surface area contributed by atoms with E-state index in [2.05, 4.69) is 6.92 Å². The molecule has 1 N–H and O–H groups in total. The number of anilines is 1. The fraction of sp³-hybridized carbons (Fsp3) is 0.581. The fourth-order valence-corrected chi connectivity index (χ4v) is 7.08. The number of hydrogen-bond donors (Lipinski definition) is 1. The second-order valence-corrected chi connectivity index (χ2v) is 11.8. The Bertz CT molecular complexity index is 1170. The number of para-hydroxylation sites is 1. The molecule has 6 atom stereocenters. The van der Waals surface area contributed by atoms with Crippen molar-refractivity contribution in [2.24, 2.45) is 17.8 Å². The van der Waals surface area contributed by atoms with Crippen LogP contribution >= 0.6 is 0 Å². The maximum Gasteiger partial charge on any atom is 0.249 e. The molecule has 1 aromatic carbocycles. The quantitative estimate of drug-likeness (QED) is 0.408. The number of ether oxygens (including phenoxy) is 1. The van der Waals surface area contributed by atoms with Gasteiger partial charge in [-0.1, -0.05) is 76.1 Å². The van der Waals surface area contributed by atoms with Crippen molar-refractivity contribution in [1.29, 1.82) is 0 Å². The van der Waals surface area contributed by atoms with Crippen molar-refractivity contribution in [2.75, 3.05) is 31.1 Å². The van der Waals surface area contributed by atoms with Gasteiger partial charge in [-0.05, 0) is 31.4 Å². The standard InChI is InChI=1S/C31H41N3O5/c1-5-6-10-17-32-18-12-16-31-25(28(37)34(26(31)29(32)38)23(20-35)21(2)3)24-27(36)33(22-13-8-7-9-14-22)19-11-15-30(24,4)39-31/h7-9,11-16,21,23-26,35H,5-6,10,17-20H2,1-4H3/t23-,24+,25-,26?,30-,31-/m0/s1. The molecule has 2 saturated heterocycles. The van der Waals surface area contributed by atoms with Gasteiger partial charge < -0.3 is 24.5 Å². The lowest BCUT2D eigenvalue weighted by atomic mass is 9.74. The number of rotatable bonds is 8. The molecule has 210 valence electrons. The highest BCUT2D eigenvalue weighted by atomic mass is 16.5. The van der Waals surface area contributed by atoms with Crippen LogP contribution in [0, 0.1) is 17.8 Å². The Balaban J connectivity index is 1.63. The summed E-state index contributed by atoms with van der Waals surface area (Å²) in [5, 5.41) is 10.4. The SMILES string of the molecule is CCCCCN1CC=C[C@]23O[C@@]4(C)C=CCN(c5ccccc5)C(=O)[C@H]4[C@H]2C(=O)N([C@@H](CO)C(C)C)C3C1=O. The Morgan fingerprint density at radius 1 is 0.974 bits per heavy atom. The van der Waals surface area contributed by atoms with Crippen LogP contribution in [-0.4, -0.2) is 82.2 Å². The average molecular weight is 536 g/mol. The molecule has 1 spiro atoms. The summed E-state index contributed by atoms with van der Waals surface area (Å²) in [6.45, 7) is 8.95. The van der Waals surface area contributed by atoms with Crippen LogP contribution in [0.15, 0.2) is 54.6 Å². The summed E-state index contributed by atoms with van der Waals surface area (Å²) in [6.07, 6.45) is 10.5. The van der Waals surface area contributed by atoms with Crippen LogP contribution in [-0.2, 0) is 19.1 Å². The second-order valence-electron chi connectivity index (χ2n) is 11.8. The van der Waals surface area contributed by atoms with Crippen molar-refractivity contribution >= 4 is 23.4 Å². The van der Waals surface area contributed by atoms with Gasteiger partial charge in [0.05, 0.1) is 30.1 Å². The summed E-state index contributed by atoms with van der Waals surface area (Å²) in [7, 11) is 0. The van der Waals surface area contributed by atoms with Crippen LogP contribution in [0.25, 0.3) is 0 Å². The summed E-state index contributed by atoms with van der Waals surface area (Å²) in [5.74, 6) is -2.49. The summed E-state index contributed by atoms with van der Waals surface area (Å²) >= 11 is 0. The molecule has 5 rings (SSSR count). The van der Waals surface area contributed by atoms with Gasteiger partial charge in [-0.3, -0.25) is 14.4 Å². The topological polar surface area (TPSA) is 90.4 Å². The third kappa shape index (κ3) is 4.32. The van der Waals surface area contributed by atoms with Gasteiger partial charge in [0.15, 0.2) is 0 Å². The highest BCUT2D eigenvalue weighted by molar-refractivity contribution is 6.04. The van der Waals surface area contributed by atoms with Crippen molar-refractivity contribution in [1.82, 2.24) is 9.80 Å². The smallest absolute Gasteiger partial charge is 0.249 e. The first-order chi connectivity index (χ1) is 18.7. The summed E-state index contributed by atoms with van der Waals surface area (Å²) in [6, 6.07) is 7.91. The van der Waals surface area contributed by atoms with Gasteiger partial charge in [0.1, 0.15) is 11.6 Å². The van der Waals surface area contributed by atoms with Crippen molar-refractivity contribution in [2.45, 2.75) is 70.2 Å². The number of benzene rings is 1. The van der Waals surface area contributed by atoms with E-state index < -0.39 is 35.1 Å². The number of carbonyl (C=O) groups excluding carboxylic acids is 3. The monoisotopic (exact) mass is 535 g/mol. The first-order valence-electron chi connectivity index (χ1n) is 14.3. The van der Waals surface area contributed by atoms with Crippen LogP contribution in [0.1, 0.15) is 47.0 Å². The molecule has 0 bridgehead atoms. The number of hydrogen-bond acceptors (Lipinski definition) is 5. The van der Waals surface area contributed by atoms with Gasteiger partial charge in [-0.15, -0.1) is 0 Å². The number of unbranched alkanes of at least 4 members (excludes halogenated alkanes) is 2. The minimum Gasteiger partial charge on any atom is -0.394 e. The molecule has 0 aromatic heterocycles. The highest BCUT2D eigenvalue weighted by Gasteiger charge is 2.75. The van der Waals surface area contributed by atoms with Crippen molar-refractivity contribution < 1.29 is 24.2 Å². The Morgan fingerprint density at radius 3 is 2.36 bits per heavy atom. The minimum atomic E-state index is -1.31. The molecule has 4 aliphatic rings. The zero-order chi connectivity index (χ0) is 27.9. The number of fused-ring (bicyclic) bond motifs is 2. The van der Waals surface area contributed by atoms with E-state index in [-0.39, 0.29) is 30.2 Å². The minimum absolute atomic E-state index is 0.0969. The van der Waals surface area contributed by atoms with Crippen LogP contribution in [0.4, 0.5) is 5.69 Å². The summed E-state index contributed by atoms with van der Waals surface area (Å²) < 4.78 is 6.89. The molecular weight excluding hydrogens is 494 g/mol. The third-order valence-electron chi connectivity index (χ3n) is 8.99. The molecule has 4 aliphatic heterocycles. The zero-order valence-corrected chi connectivity index (χ0v) is 23.5. The summed E-state index contributed by atoms with van der Waals surface area (Å²) in [4.78, 5) is 48.2. The van der Waals surface area contributed by atoms with E-state index in [1.54, 1.807) is 14.7 Å². The van der Waals surface area contributed by atoms with E-state index in [1.807, 2.05) is 75.4 Å². The lowest BCUT2D eigenvalue weighted by Crippen LogP contribution is -2.59. The molecule has 4 heterocycles. The molecule has 0 saturated carbocycles. The van der Waals surface area contributed by atoms with Gasteiger partial charge in [0.25, 0.3) is 0 Å². The van der Waals surface area contributed by atoms with Gasteiger partial charge in [0.2, 0.25) is 17.7 Å². The lowest BCUT2D eigenvalue weighted by molar-refractivity contribution is -0.155. The lowest BCUT2D eigenvalue weighted by Gasteiger charge is -2.41. The third-order valence-corrected chi connectivity index (χ3v) is 8.99. The number of amides is 3. The van der Waals surface area contributed by atoms with Crippen molar-refractivity contribution in [3.63, 3.8) is 0 Å². The largest absolute Gasteiger partial charge is 0.394 e. The molecular formula is C31H41N3O5. The number of nitrogens with zero attached hydrogens (tertiary/aromatic N) is 3. The van der Waals surface area contributed by atoms with E-state index in [9.17, 15) is 19.5 Å². The Morgan fingerprint density at radius 2 is 1.69 bits per heavy atom. The Kier molecular flexibility index (Phi) is 7.46. The number of aliphatic hydroxyl groups excluding tert-OH is 1. The molecule has 8 heteroatoms. The first-order valence-corrected chi connectivity index (χ1v) is 14.3. The maximum atomic E-state index is 14.5. The predicted octanol–water partition coefficient (Wildman–Crippen LogP) is 3.17. The first kappa shape index (κ1) is 27.6. The van der Waals surface area contributed by atoms with Crippen LogP contribution in [0.5, 0.6) is 0 Å². The molecule has 39 heavy (non-hydrogen) atoms. The number of aliphatic hydroxyl groups is 1. The van der Waals surface area contributed by atoms with E-state index in [4.69, 9.17) is 4.74 Å². The molecule has 1 aromatic rings. The Hall–Kier alpha value is -2.97. The number of carbonyl (C=O) groups is 3. The normalized spacial score (nSPS) is 32.8. The molecule has 1 unspecified atom stereocenters. The van der Waals surface area contributed by atoms with Crippen LogP contribution < -0.4 is 4.90 Å². The highest BCUT2D eigenvalue weighted by Crippen LogP contribution is 2.58. The number of likely N-dealkylation sites (tertiary alicyclic amines) is 1. The molecule has 0 aliphatic carbocycles. The van der Waals surface area contributed by atoms with Gasteiger partial charge in [-0.2, -0.15) is 0 Å². The van der Waals surface area contributed by atoms with E-state index >= 15 is 0 Å². The molecule has 0 radical (unpaired) electrons. The Labute approximate surface area is 231 Å². The molecule has 2 fully saturated rings. The van der Waals surface area contributed by atoms with Gasteiger partial charge >= 0.3 is 0 Å². The average Bonchev–Trinajstić information content (AvgIpc) is 3.18. The molecule has 3 amide bonds. The second kappa shape index (κ2) is 10.5. The van der Waals surface area contributed by atoms with Gasteiger partial charge in [0, 0.05) is 25.3 Å². The van der Waals surface area contributed by atoms with E-state index in [0.29, 0.717) is 19.6 Å². The van der Waals surface area contributed by atoms with Crippen LogP contribution in [0.3, 0.4) is 0 Å². The fourth-order valence-electron chi connectivity index (χ4n) is 7.08. The zero-order valence-electron chi connectivity index (χ0n) is 23.5. The van der Waals surface area contributed by atoms with Crippen molar-refractivity contribution in [3.05, 3.63) is 54.6 Å². The van der Waals surface area contributed by atoms with Crippen molar-refractivity contribution in [3.8, 4) is 0 Å². The van der Waals surface area contributed by atoms with E-state index in [1.165, 1.54) is 0 Å². The van der Waals surface area contributed by atoms with Gasteiger partial charge in [-0.25, -0.2) is 0 Å². The van der Waals surface area contributed by atoms with Crippen LogP contribution in [0.2, 0.25) is 0 Å².